The quantitative estimate of drug-likeness (QED) is 0.797. The van der Waals surface area contributed by atoms with Crippen molar-refractivity contribution in [3.63, 3.8) is 0 Å². The Labute approximate surface area is 157 Å². The van der Waals surface area contributed by atoms with Crippen LogP contribution in [0.5, 0.6) is 0 Å². The predicted molar refractivity (Wildman–Crippen MR) is 103 cm³/mol. The Morgan fingerprint density at radius 2 is 1.72 bits per heavy atom. The maximum Gasteiger partial charge on any atom is 0.245 e. The highest BCUT2D eigenvalue weighted by atomic mass is 35.5. The number of hydrogen-bond donors (Lipinski definition) is 1. The highest BCUT2D eigenvalue weighted by molar-refractivity contribution is 7.92. The summed E-state index contributed by atoms with van der Waals surface area (Å²) in [5.74, 6) is -0.458. The van der Waals surface area contributed by atoms with E-state index in [0.29, 0.717) is 10.7 Å². The number of aryl methyl sites for hydroxylation is 1. The molecule has 1 amide bonds. The van der Waals surface area contributed by atoms with Gasteiger partial charge in [0.1, 0.15) is 6.54 Å². The zero-order valence-electron chi connectivity index (χ0n) is 13.8. The molecule has 0 saturated heterocycles. The molecule has 0 heterocycles. The first-order valence-corrected chi connectivity index (χ1v) is 10.1. The second-order valence-electron chi connectivity index (χ2n) is 5.47. The molecule has 0 radical (unpaired) electrons. The Hall–Kier alpha value is -1.76. The highest BCUT2D eigenvalue weighted by Crippen LogP contribution is 2.28. The zero-order chi connectivity index (χ0) is 18.6. The lowest BCUT2D eigenvalue weighted by Gasteiger charge is -2.22. The summed E-state index contributed by atoms with van der Waals surface area (Å²) >= 11 is 11.8. The van der Waals surface area contributed by atoms with Gasteiger partial charge in [0.25, 0.3) is 0 Å². The summed E-state index contributed by atoms with van der Waals surface area (Å²) in [4.78, 5) is 12.3. The van der Waals surface area contributed by atoms with Gasteiger partial charge in [-0.1, -0.05) is 42.3 Å². The summed E-state index contributed by atoms with van der Waals surface area (Å²) in [7, 11) is -3.67. The van der Waals surface area contributed by atoms with Crippen molar-refractivity contribution in [2.75, 3.05) is 22.4 Å². The molecule has 0 aliphatic rings. The van der Waals surface area contributed by atoms with E-state index in [1.165, 1.54) is 18.2 Å². The number of hydrogen-bond acceptors (Lipinski definition) is 3. The lowest BCUT2D eigenvalue weighted by atomic mass is 10.1. The van der Waals surface area contributed by atoms with E-state index in [0.717, 1.165) is 22.5 Å². The van der Waals surface area contributed by atoms with Crippen LogP contribution in [0, 0.1) is 0 Å². The van der Waals surface area contributed by atoms with Crippen LogP contribution >= 0.6 is 23.2 Å². The molecule has 134 valence electrons. The molecule has 0 atom stereocenters. The maximum absolute atomic E-state index is 12.3. The Morgan fingerprint density at radius 3 is 2.24 bits per heavy atom. The zero-order valence-corrected chi connectivity index (χ0v) is 16.1. The van der Waals surface area contributed by atoms with Gasteiger partial charge < -0.3 is 5.32 Å². The number of amides is 1. The van der Waals surface area contributed by atoms with E-state index in [2.05, 4.69) is 5.32 Å². The molecule has 0 aliphatic carbocycles. The van der Waals surface area contributed by atoms with Crippen LogP contribution in [0.4, 0.5) is 11.4 Å². The summed E-state index contributed by atoms with van der Waals surface area (Å²) in [5, 5.41) is 3.20. The lowest BCUT2D eigenvalue weighted by Crippen LogP contribution is -2.37. The summed E-state index contributed by atoms with van der Waals surface area (Å²) in [6, 6.07) is 11.8. The van der Waals surface area contributed by atoms with E-state index in [1.807, 2.05) is 19.1 Å². The predicted octanol–water partition coefficient (Wildman–Crippen LogP) is 3.96. The molecule has 1 N–H and O–H groups in total. The largest absolute Gasteiger partial charge is 0.325 e. The normalized spacial score (nSPS) is 11.2. The fraction of sp³-hybridized carbons (Fsp3) is 0.235. The first kappa shape index (κ1) is 19.6. The average Bonchev–Trinajstić information content (AvgIpc) is 2.55. The number of sulfonamides is 1. The van der Waals surface area contributed by atoms with Crippen LogP contribution in [0.25, 0.3) is 0 Å². The molecule has 2 rings (SSSR count). The highest BCUT2D eigenvalue weighted by Gasteiger charge is 2.21. The average molecular weight is 401 g/mol. The van der Waals surface area contributed by atoms with Crippen molar-refractivity contribution in [2.24, 2.45) is 0 Å². The van der Waals surface area contributed by atoms with Crippen molar-refractivity contribution < 1.29 is 13.2 Å². The number of carbonyl (C=O) groups is 1. The molecule has 0 bridgehead atoms. The maximum atomic E-state index is 12.3. The van der Waals surface area contributed by atoms with Crippen molar-refractivity contribution >= 4 is 50.5 Å². The van der Waals surface area contributed by atoms with Gasteiger partial charge in [-0.05, 0) is 42.3 Å². The Morgan fingerprint density at radius 1 is 1.08 bits per heavy atom. The van der Waals surface area contributed by atoms with E-state index in [-0.39, 0.29) is 17.3 Å². The van der Waals surface area contributed by atoms with Crippen molar-refractivity contribution in [1.29, 1.82) is 0 Å². The van der Waals surface area contributed by atoms with Crippen LogP contribution in [0.3, 0.4) is 0 Å². The molecule has 8 heteroatoms. The summed E-state index contributed by atoms with van der Waals surface area (Å²) in [5.41, 5.74) is 2.02. The number of nitrogens with one attached hydrogen (secondary N) is 1. The van der Waals surface area contributed by atoms with Gasteiger partial charge in [-0.2, -0.15) is 0 Å². The SMILES string of the molecule is CCc1ccc(NC(=O)CN(c2ccc(Cl)c(Cl)c2)S(C)(=O)=O)cc1. The molecule has 0 unspecified atom stereocenters. The number of carbonyl (C=O) groups excluding carboxylic acids is 1. The third-order valence-electron chi connectivity index (χ3n) is 3.52. The smallest absolute Gasteiger partial charge is 0.245 e. The van der Waals surface area contributed by atoms with E-state index < -0.39 is 15.9 Å². The second kappa shape index (κ2) is 8.08. The monoisotopic (exact) mass is 400 g/mol. The van der Waals surface area contributed by atoms with Gasteiger partial charge in [-0.15, -0.1) is 0 Å². The minimum Gasteiger partial charge on any atom is -0.325 e. The van der Waals surface area contributed by atoms with E-state index in [4.69, 9.17) is 23.2 Å². The molecule has 2 aromatic rings. The van der Waals surface area contributed by atoms with Crippen molar-refractivity contribution in [1.82, 2.24) is 0 Å². The van der Waals surface area contributed by atoms with Crippen molar-refractivity contribution in [2.45, 2.75) is 13.3 Å². The van der Waals surface area contributed by atoms with Crippen LogP contribution in [0.2, 0.25) is 10.0 Å². The van der Waals surface area contributed by atoms with Gasteiger partial charge in [-0.3, -0.25) is 9.10 Å². The fourth-order valence-corrected chi connectivity index (χ4v) is 3.34. The fourth-order valence-electron chi connectivity index (χ4n) is 2.19. The summed E-state index contributed by atoms with van der Waals surface area (Å²) in [6.45, 7) is 1.67. The topological polar surface area (TPSA) is 66.5 Å². The van der Waals surface area contributed by atoms with Gasteiger partial charge in [0.15, 0.2) is 0 Å². The van der Waals surface area contributed by atoms with Crippen LogP contribution < -0.4 is 9.62 Å². The van der Waals surface area contributed by atoms with Gasteiger partial charge in [-0.25, -0.2) is 8.42 Å². The molecule has 25 heavy (non-hydrogen) atoms. The molecule has 0 saturated carbocycles. The van der Waals surface area contributed by atoms with Gasteiger partial charge >= 0.3 is 0 Å². The molecular formula is C17H18Cl2N2O3S. The molecule has 0 spiro atoms. The minimum absolute atomic E-state index is 0.211. The third-order valence-corrected chi connectivity index (χ3v) is 5.40. The Balaban J connectivity index is 2.18. The molecule has 2 aromatic carbocycles. The third kappa shape index (κ3) is 5.36. The standard InChI is InChI=1S/C17H18Cl2N2O3S/c1-3-12-4-6-13(7-5-12)20-17(22)11-21(25(2,23)24)14-8-9-15(18)16(19)10-14/h4-10H,3,11H2,1-2H3,(H,20,22). The van der Waals surface area contributed by atoms with Crippen LogP contribution in [-0.2, 0) is 21.2 Å². The summed E-state index contributed by atoms with van der Waals surface area (Å²) in [6.07, 6.45) is 1.92. The van der Waals surface area contributed by atoms with E-state index in [9.17, 15) is 13.2 Å². The Kier molecular flexibility index (Phi) is 6.32. The Bertz CT molecular complexity index is 868. The molecule has 0 aliphatic heterocycles. The second-order valence-corrected chi connectivity index (χ2v) is 8.19. The number of halogens is 2. The van der Waals surface area contributed by atoms with Crippen LogP contribution in [0.15, 0.2) is 42.5 Å². The minimum atomic E-state index is -3.67. The number of rotatable bonds is 6. The lowest BCUT2D eigenvalue weighted by molar-refractivity contribution is -0.114. The first-order valence-electron chi connectivity index (χ1n) is 7.52. The van der Waals surface area contributed by atoms with Crippen molar-refractivity contribution in [3.05, 3.63) is 58.1 Å². The van der Waals surface area contributed by atoms with Gasteiger partial charge in [0.05, 0.1) is 22.0 Å². The molecule has 0 fully saturated rings. The van der Waals surface area contributed by atoms with E-state index >= 15 is 0 Å². The number of nitrogens with zero attached hydrogens (tertiary/aromatic N) is 1. The van der Waals surface area contributed by atoms with Crippen LogP contribution in [-0.4, -0.2) is 27.1 Å². The molecular weight excluding hydrogens is 383 g/mol. The summed E-state index contributed by atoms with van der Waals surface area (Å²) < 4.78 is 25.1. The number of benzene rings is 2. The molecule has 0 aromatic heterocycles. The van der Waals surface area contributed by atoms with Gasteiger partial charge in [0.2, 0.25) is 15.9 Å². The number of anilines is 2. The van der Waals surface area contributed by atoms with Crippen LogP contribution in [0.1, 0.15) is 12.5 Å². The first-order chi connectivity index (χ1) is 11.7. The van der Waals surface area contributed by atoms with Crippen molar-refractivity contribution in [3.8, 4) is 0 Å². The molecule has 5 nitrogen and oxygen atoms in total. The van der Waals surface area contributed by atoms with Gasteiger partial charge in [0, 0.05) is 5.69 Å². The van der Waals surface area contributed by atoms with E-state index in [1.54, 1.807) is 12.1 Å².